The van der Waals surface area contributed by atoms with Crippen LogP contribution in [-0.4, -0.2) is 10.2 Å². The first kappa shape index (κ1) is 10.8. The first-order valence-electron chi connectivity index (χ1n) is 6.05. The first-order valence-corrected chi connectivity index (χ1v) is 6.43. The average Bonchev–Trinajstić information content (AvgIpc) is 2.72. The Morgan fingerprint density at radius 3 is 3.00 bits per heavy atom. The third kappa shape index (κ3) is 1.77. The van der Waals surface area contributed by atoms with Crippen LogP contribution in [0.2, 0.25) is 5.02 Å². The van der Waals surface area contributed by atoms with Crippen molar-refractivity contribution < 1.29 is 0 Å². The van der Waals surface area contributed by atoms with Crippen LogP contribution in [-0.2, 0) is 6.42 Å². The summed E-state index contributed by atoms with van der Waals surface area (Å²) in [7, 11) is 0. The van der Waals surface area contributed by atoms with Gasteiger partial charge in [-0.25, -0.2) is 0 Å². The van der Waals surface area contributed by atoms with Gasteiger partial charge in [0.15, 0.2) is 0 Å². The maximum absolute atomic E-state index is 6.31. The van der Waals surface area contributed by atoms with Gasteiger partial charge in [-0.15, -0.1) is 0 Å². The molecule has 1 unspecified atom stereocenters. The molecule has 2 aromatic rings. The molecule has 3 heteroatoms. The van der Waals surface area contributed by atoms with Crippen molar-refractivity contribution in [2.45, 2.75) is 32.1 Å². The van der Waals surface area contributed by atoms with Gasteiger partial charge in [-0.05, 0) is 37.8 Å². The second kappa shape index (κ2) is 4.19. The van der Waals surface area contributed by atoms with E-state index in [0.29, 0.717) is 5.92 Å². The number of hydrogen-bond acceptors (Lipinski definition) is 1. The predicted octanol–water partition coefficient (Wildman–Crippen LogP) is 3.84. The van der Waals surface area contributed by atoms with E-state index < -0.39 is 0 Å². The molecule has 1 aliphatic carbocycles. The molecule has 1 aliphatic rings. The number of benzene rings is 1. The highest BCUT2D eigenvalue weighted by atomic mass is 35.5. The van der Waals surface area contributed by atoms with Crippen molar-refractivity contribution in [3.63, 3.8) is 0 Å². The number of fused-ring (bicyclic) bond motifs is 1. The van der Waals surface area contributed by atoms with Crippen molar-refractivity contribution in [3.8, 4) is 0 Å². The van der Waals surface area contributed by atoms with Crippen LogP contribution in [0.1, 0.15) is 41.3 Å². The van der Waals surface area contributed by atoms with E-state index in [9.17, 15) is 0 Å². The summed E-state index contributed by atoms with van der Waals surface area (Å²) >= 11 is 6.31. The van der Waals surface area contributed by atoms with Crippen LogP contribution in [0, 0.1) is 6.92 Å². The lowest BCUT2D eigenvalue weighted by Crippen LogP contribution is -2.11. The van der Waals surface area contributed by atoms with Gasteiger partial charge in [0.05, 0.1) is 5.69 Å². The van der Waals surface area contributed by atoms with Crippen molar-refractivity contribution in [2.75, 3.05) is 0 Å². The van der Waals surface area contributed by atoms with E-state index in [1.807, 2.05) is 12.1 Å². The summed E-state index contributed by atoms with van der Waals surface area (Å²) in [5, 5.41) is 8.37. The quantitative estimate of drug-likeness (QED) is 0.814. The van der Waals surface area contributed by atoms with Gasteiger partial charge in [-0.3, -0.25) is 5.10 Å². The fraction of sp³-hybridized carbons (Fsp3) is 0.357. The zero-order valence-corrected chi connectivity index (χ0v) is 10.6. The van der Waals surface area contributed by atoms with Gasteiger partial charge >= 0.3 is 0 Å². The Morgan fingerprint density at radius 1 is 1.35 bits per heavy atom. The molecule has 0 fully saturated rings. The molecule has 17 heavy (non-hydrogen) atoms. The SMILES string of the molecule is Cc1[nH]nc2c1C(c1ccccc1Cl)CCC2. The van der Waals surface area contributed by atoms with E-state index in [-0.39, 0.29) is 0 Å². The van der Waals surface area contributed by atoms with Gasteiger partial charge in [0.2, 0.25) is 0 Å². The summed E-state index contributed by atoms with van der Waals surface area (Å²) < 4.78 is 0. The summed E-state index contributed by atoms with van der Waals surface area (Å²) in [5.74, 6) is 0.409. The number of hydrogen-bond donors (Lipinski definition) is 1. The lowest BCUT2D eigenvalue weighted by atomic mass is 9.81. The molecule has 1 heterocycles. The zero-order valence-electron chi connectivity index (χ0n) is 9.83. The molecular weight excluding hydrogens is 232 g/mol. The second-order valence-corrected chi connectivity index (χ2v) is 5.08. The van der Waals surface area contributed by atoms with E-state index in [1.54, 1.807) is 0 Å². The minimum absolute atomic E-state index is 0.409. The number of halogens is 1. The Bertz CT molecular complexity index is 545. The molecule has 0 spiro atoms. The van der Waals surface area contributed by atoms with E-state index in [1.165, 1.54) is 28.9 Å². The summed E-state index contributed by atoms with van der Waals surface area (Å²) in [6, 6.07) is 8.15. The number of aryl methyl sites for hydroxylation is 2. The third-order valence-electron chi connectivity index (χ3n) is 3.61. The number of H-pyrrole nitrogens is 1. The lowest BCUT2D eigenvalue weighted by molar-refractivity contribution is 0.608. The minimum atomic E-state index is 0.409. The highest BCUT2D eigenvalue weighted by molar-refractivity contribution is 6.31. The fourth-order valence-electron chi connectivity index (χ4n) is 2.83. The van der Waals surface area contributed by atoms with Gasteiger partial charge in [-0.1, -0.05) is 29.8 Å². The smallest absolute Gasteiger partial charge is 0.0663 e. The van der Waals surface area contributed by atoms with Crippen LogP contribution in [0.25, 0.3) is 0 Å². The summed E-state index contributed by atoms with van der Waals surface area (Å²) in [5.41, 5.74) is 5.01. The van der Waals surface area contributed by atoms with Crippen LogP contribution in [0.15, 0.2) is 24.3 Å². The van der Waals surface area contributed by atoms with Crippen molar-refractivity contribution in [1.82, 2.24) is 10.2 Å². The van der Waals surface area contributed by atoms with Gasteiger partial charge in [0.1, 0.15) is 0 Å². The predicted molar refractivity (Wildman–Crippen MR) is 69.6 cm³/mol. The van der Waals surface area contributed by atoms with Crippen LogP contribution in [0.3, 0.4) is 0 Å². The maximum atomic E-state index is 6.31. The molecule has 1 atom stereocenters. The Balaban J connectivity index is 2.12. The molecule has 1 aromatic carbocycles. The zero-order chi connectivity index (χ0) is 11.8. The normalized spacial score (nSPS) is 19.1. The fourth-order valence-corrected chi connectivity index (χ4v) is 3.10. The average molecular weight is 247 g/mol. The van der Waals surface area contributed by atoms with Crippen molar-refractivity contribution >= 4 is 11.6 Å². The van der Waals surface area contributed by atoms with Crippen LogP contribution < -0.4 is 0 Å². The molecule has 1 N–H and O–H groups in total. The Labute approximate surface area is 106 Å². The van der Waals surface area contributed by atoms with Crippen LogP contribution in [0.5, 0.6) is 0 Å². The molecule has 0 radical (unpaired) electrons. The van der Waals surface area contributed by atoms with E-state index in [0.717, 1.165) is 17.9 Å². The van der Waals surface area contributed by atoms with E-state index >= 15 is 0 Å². The molecule has 3 rings (SSSR count). The maximum Gasteiger partial charge on any atom is 0.0663 e. The molecular formula is C14H15ClN2. The number of rotatable bonds is 1. The summed E-state index contributed by atoms with van der Waals surface area (Å²) in [4.78, 5) is 0. The molecule has 0 amide bonds. The first-order chi connectivity index (χ1) is 8.27. The van der Waals surface area contributed by atoms with Crippen molar-refractivity contribution in [3.05, 3.63) is 51.8 Å². The minimum Gasteiger partial charge on any atom is -0.282 e. The molecule has 88 valence electrons. The molecule has 0 aliphatic heterocycles. The number of nitrogens with one attached hydrogen (secondary N) is 1. The largest absolute Gasteiger partial charge is 0.282 e. The van der Waals surface area contributed by atoms with Crippen molar-refractivity contribution in [2.24, 2.45) is 0 Å². The van der Waals surface area contributed by atoms with E-state index in [4.69, 9.17) is 11.6 Å². The monoisotopic (exact) mass is 246 g/mol. The molecule has 0 bridgehead atoms. The highest BCUT2D eigenvalue weighted by Crippen LogP contribution is 2.39. The molecule has 0 saturated carbocycles. The third-order valence-corrected chi connectivity index (χ3v) is 3.95. The van der Waals surface area contributed by atoms with Crippen LogP contribution in [0.4, 0.5) is 0 Å². The molecule has 0 saturated heterocycles. The topological polar surface area (TPSA) is 28.7 Å². The number of aromatic nitrogens is 2. The number of aromatic amines is 1. The lowest BCUT2D eigenvalue weighted by Gasteiger charge is -2.23. The number of nitrogens with zero attached hydrogens (tertiary/aromatic N) is 1. The Hall–Kier alpha value is -1.28. The van der Waals surface area contributed by atoms with Gasteiger partial charge in [0.25, 0.3) is 0 Å². The summed E-state index contributed by atoms with van der Waals surface area (Å²) in [6.45, 7) is 2.10. The Kier molecular flexibility index (Phi) is 2.67. The van der Waals surface area contributed by atoms with E-state index in [2.05, 4.69) is 29.3 Å². The van der Waals surface area contributed by atoms with Gasteiger partial charge in [0, 0.05) is 22.2 Å². The molecule has 2 nitrogen and oxygen atoms in total. The Morgan fingerprint density at radius 2 is 2.18 bits per heavy atom. The summed E-state index contributed by atoms with van der Waals surface area (Å²) in [6.07, 6.45) is 3.44. The van der Waals surface area contributed by atoms with Crippen LogP contribution >= 0.6 is 11.6 Å². The highest BCUT2D eigenvalue weighted by Gasteiger charge is 2.27. The van der Waals surface area contributed by atoms with Gasteiger partial charge < -0.3 is 0 Å². The second-order valence-electron chi connectivity index (χ2n) is 4.68. The molecule has 1 aromatic heterocycles. The van der Waals surface area contributed by atoms with Crippen molar-refractivity contribution in [1.29, 1.82) is 0 Å². The standard InChI is InChI=1S/C14H15ClN2/c1-9-14-11(6-4-8-13(14)17-16-9)10-5-2-3-7-12(10)15/h2-3,5,7,11H,4,6,8H2,1H3,(H,16,17). The van der Waals surface area contributed by atoms with Gasteiger partial charge in [-0.2, -0.15) is 5.10 Å².